The highest BCUT2D eigenvalue weighted by Crippen LogP contribution is 2.38. The molecule has 0 saturated heterocycles. The predicted octanol–water partition coefficient (Wildman–Crippen LogP) is 5.04. The fourth-order valence-corrected chi connectivity index (χ4v) is 4.61. The smallest absolute Gasteiger partial charge is 0.273 e. The van der Waals surface area contributed by atoms with Crippen LogP contribution in [-0.4, -0.2) is 18.9 Å². The van der Waals surface area contributed by atoms with Crippen molar-refractivity contribution in [2.75, 3.05) is 4.31 Å². The van der Waals surface area contributed by atoms with Crippen LogP contribution in [0.4, 0.5) is 5.69 Å². The number of hydrogen-bond acceptors (Lipinski definition) is 3. The summed E-state index contributed by atoms with van der Waals surface area (Å²) in [6, 6.07) is 5.54. The molecule has 0 radical (unpaired) electrons. The summed E-state index contributed by atoms with van der Waals surface area (Å²) in [6.07, 6.45) is 5.35. The second kappa shape index (κ2) is 8.53. The van der Waals surface area contributed by atoms with E-state index in [-0.39, 0.29) is 24.2 Å². The third kappa shape index (κ3) is 4.86. The Bertz CT molecular complexity index is 708. The van der Waals surface area contributed by atoms with Gasteiger partial charge >= 0.3 is 10.3 Å². The molecule has 0 spiro atoms. The lowest BCUT2D eigenvalue weighted by Gasteiger charge is -2.29. The Morgan fingerprint density at radius 2 is 1.58 bits per heavy atom. The van der Waals surface area contributed by atoms with E-state index in [1.165, 1.54) is 6.42 Å². The van der Waals surface area contributed by atoms with Crippen LogP contribution in [0.25, 0.3) is 0 Å². The van der Waals surface area contributed by atoms with Gasteiger partial charge in [0.05, 0.1) is 5.69 Å². The first kappa shape index (κ1) is 20.9. The van der Waals surface area contributed by atoms with Gasteiger partial charge in [0, 0.05) is 6.42 Å². The lowest BCUT2D eigenvalue weighted by molar-refractivity contribution is -0.118. The van der Waals surface area contributed by atoms with Gasteiger partial charge in [0.25, 0.3) is 0 Å². The summed E-state index contributed by atoms with van der Waals surface area (Å²) in [5.41, 5.74) is 1.84. The minimum atomic E-state index is -4.70. The van der Waals surface area contributed by atoms with Gasteiger partial charge in [0.15, 0.2) is 0 Å². The zero-order valence-corrected chi connectivity index (χ0v) is 17.1. The number of hydrogen-bond donors (Lipinski definition) is 1. The molecule has 0 bridgehead atoms. The van der Waals surface area contributed by atoms with Crippen LogP contribution in [0.5, 0.6) is 0 Å². The van der Waals surface area contributed by atoms with Crippen molar-refractivity contribution in [2.24, 2.45) is 5.92 Å². The molecule has 146 valence electrons. The van der Waals surface area contributed by atoms with Crippen molar-refractivity contribution in [2.45, 2.75) is 78.1 Å². The average molecular weight is 382 g/mol. The van der Waals surface area contributed by atoms with Crippen molar-refractivity contribution in [1.29, 1.82) is 0 Å². The molecule has 1 aromatic carbocycles. The maximum atomic E-state index is 13.0. The molecule has 0 aromatic heterocycles. The van der Waals surface area contributed by atoms with Gasteiger partial charge in [0.1, 0.15) is 0 Å². The van der Waals surface area contributed by atoms with Crippen LogP contribution in [0.15, 0.2) is 18.2 Å². The van der Waals surface area contributed by atoms with Crippen molar-refractivity contribution < 1.29 is 17.8 Å². The number of amides is 1. The number of para-hydroxylation sites is 1. The zero-order valence-electron chi connectivity index (χ0n) is 16.2. The fraction of sp³-hybridized carbons (Fsp3) is 0.650. The molecule has 5 nitrogen and oxygen atoms in total. The van der Waals surface area contributed by atoms with Gasteiger partial charge in [-0.2, -0.15) is 12.7 Å². The summed E-state index contributed by atoms with van der Waals surface area (Å²) in [7, 11) is -4.70. The SMILES string of the molecule is CC(C)c1cccc(C(C)C)c1N(C(=O)CC1CCCCC1)S(=O)(=O)O. The highest BCUT2D eigenvalue weighted by atomic mass is 32.2. The second-order valence-corrected chi connectivity index (χ2v) is 9.20. The minimum Gasteiger partial charge on any atom is -0.273 e. The van der Waals surface area contributed by atoms with E-state index in [2.05, 4.69) is 0 Å². The number of nitrogens with zero attached hydrogens (tertiary/aromatic N) is 1. The summed E-state index contributed by atoms with van der Waals surface area (Å²) in [5.74, 6) is -0.297. The Kier molecular flexibility index (Phi) is 6.86. The van der Waals surface area contributed by atoms with E-state index < -0.39 is 16.2 Å². The van der Waals surface area contributed by atoms with E-state index in [0.717, 1.165) is 36.8 Å². The highest BCUT2D eigenvalue weighted by molar-refractivity contribution is 7.88. The molecule has 1 N–H and O–H groups in total. The van der Waals surface area contributed by atoms with Crippen LogP contribution in [0.2, 0.25) is 0 Å². The van der Waals surface area contributed by atoms with E-state index in [1.54, 1.807) is 0 Å². The van der Waals surface area contributed by atoms with Crippen molar-refractivity contribution in [3.63, 3.8) is 0 Å². The molecule has 1 aliphatic carbocycles. The molecule has 1 amide bonds. The van der Waals surface area contributed by atoms with Crippen LogP contribution >= 0.6 is 0 Å². The van der Waals surface area contributed by atoms with Crippen LogP contribution in [-0.2, 0) is 15.1 Å². The minimum absolute atomic E-state index is 0.0235. The Labute approximate surface area is 157 Å². The molecular formula is C20H31NO4S. The second-order valence-electron chi connectivity index (χ2n) is 7.94. The molecule has 26 heavy (non-hydrogen) atoms. The third-order valence-electron chi connectivity index (χ3n) is 5.19. The van der Waals surface area contributed by atoms with Crippen molar-refractivity contribution >= 4 is 21.9 Å². The van der Waals surface area contributed by atoms with Gasteiger partial charge < -0.3 is 0 Å². The van der Waals surface area contributed by atoms with E-state index >= 15 is 0 Å². The maximum Gasteiger partial charge on any atom is 0.366 e. The molecule has 1 aromatic rings. The summed E-state index contributed by atoms with van der Waals surface area (Å²) in [4.78, 5) is 13.0. The van der Waals surface area contributed by atoms with Gasteiger partial charge in [-0.25, -0.2) is 0 Å². The van der Waals surface area contributed by atoms with Gasteiger partial charge in [-0.3, -0.25) is 9.35 Å². The lowest BCUT2D eigenvalue weighted by atomic mass is 9.86. The lowest BCUT2D eigenvalue weighted by Crippen LogP contribution is -2.39. The van der Waals surface area contributed by atoms with Gasteiger partial charge in [-0.1, -0.05) is 65.2 Å². The summed E-state index contributed by atoms with van der Waals surface area (Å²) in [6.45, 7) is 7.82. The molecule has 2 rings (SSSR count). The molecular weight excluding hydrogens is 350 g/mol. The molecule has 0 atom stereocenters. The Hall–Kier alpha value is -1.40. The predicted molar refractivity (Wildman–Crippen MR) is 105 cm³/mol. The molecule has 6 heteroatoms. The van der Waals surface area contributed by atoms with Crippen LogP contribution in [0, 0.1) is 5.92 Å². The number of carbonyl (C=O) groups is 1. The molecule has 1 fully saturated rings. The maximum absolute atomic E-state index is 13.0. The van der Waals surface area contributed by atoms with E-state index in [4.69, 9.17) is 0 Å². The highest BCUT2D eigenvalue weighted by Gasteiger charge is 2.34. The number of carbonyl (C=O) groups excluding carboxylic acids is 1. The van der Waals surface area contributed by atoms with Crippen molar-refractivity contribution in [1.82, 2.24) is 0 Å². The zero-order chi connectivity index (χ0) is 19.5. The number of benzene rings is 1. The average Bonchev–Trinajstić information content (AvgIpc) is 2.54. The van der Waals surface area contributed by atoms with Gasteiger partial charge in [0.2, 0.25) is 5.91 Å². The Morgan fingerprint density at radius 3 is 2.00 bits per heavy atom. The van der Waals surface area contributed by atoms with E-state index in [0.29, 0.717) is 9.99 Å². The summed E-state index contributed by atoms with van der Waals surface area (Å²) < 4.78 is 35.0. The van der Waals surface area contributed by atoms with E-state index in [9.17, 15) is 17.8 Å². The van der Waals surface area contributed by atoms with Crippen LogP contribution in [0.3, 0.4) is 0 Å². The topological polar surface area (TPSA) is 74.7 Å². The summed E-state index contributed by atoms with van der Waals surface area (Å²) >= 11 is 0. The number of anilines is 1. The molecule has 0 aliphatic heterocycles. The molecule has 1 saturated carbocycles. The van der Waals surface area contributed by atoms with Crippen LogP contribution < -0.4 is 4.31 Å². The van der Waals surface area contributed by atoms with Crippen molar-refractivity contribution in [3.05, 3.63) is 29.3 Å². The first-order valence-electron chi connectivity index (χ1n) is 9.56. The largest absolute Gasteiger partial charge is 0.366 e. The standard InChI is InChI=1S/C20H31NO4S/c1-14(2)17-11-8-12-18(15(3)4)20(17)21(26(23,24)25)19(22)13-16-9-6-5-7-10-16/h8,11-12,14-16H,5-7,9-10,13H2,1-4H3,(H,23,24,25). The molecule has 0 heterocycles. The first-order chi connectivity index (χ1) is 12.1. The van der Waals surface area contributed by atoms with Crippen LogP contribution in [0.1, 0.15) is 89.2 Å². The number of rotatable bonds is 6. The quantitative estimate of drug-likeness (QED) is 0.701. The molecule has 1 aliphatic rings. The Morgan fingerprint density at radius 1 is 1.08 bits per heavy atom. The monoisotopic (exact) mass is 381 g/mol. The van der Waals surface area contributed by atoms with E-state index in [1.807, 2.05) is 45.9 Å². The third-order valence-corrected chi connectivity index (χ3v) is 6.04. The molecule has 0 unspecified atom stereocenters. The fourth-order valence-electron chi connectivity index (χ4n) is 3.84. The summed E-state index contributed by atoms with van der Waals surface area (Å²) in [5, 5.41) is 0. The first-order valence-corrected chi connectivity index (χ1v) is 11.0. The van der Waals surface area contributed by atoms with Crippen molar-refractivity contribution in [3.8, 4) is 0 Å². The normalized spacial score (nSPS) is 16.3. The Balaban J connectivity index is 2.52. The van der Waals surface area contributed by atoms with Gasteiger partial charge in [-0.15, -0.1) is 0 Å². The van der Waals surface area contributed by atoms with Gasteiger partial charge in [-0.05, 0) is 41.7 Å².